The van der Waals surface area contributed by atoms with E-state index in [1.54, 1.807) is 31.2 Å². The summed E-state index contributed by atoms with van der Waals surface area (Å²) in [5, 5.41) is 30.0. The smallest absolute Gasteiger partial charge is 0.333 e. The van der Waals surface area contributed by atoms with Gasteiger partial charge in [-0.15, -0.1) is 11.3 Å². The Bertz CT molecular complexity index is 1420. The molecule has 4 rings (SSSR count). The molecule has 1 saturated carbocycles. The first-order valence-corrected chi connectivity index (χ1v) is 14.1. The third kappa shape index (κ3) is 6.47. The summed E-state index contributed by atoms with van der Waals surface area (Å²) in [5.74, 6) is -0.627. The molecule has 0 amide bonds. The molecule has 14 heteroatoms. The van der Waals surface area contributed by atoms with E-state index in [9.17, 15) is 23.4 Å². The molecule has 2 heterocycles. The van der Waals surface area contributed by atoms with Crippen LogP contribution in [0.5, 0.6) is 0 Å². The number of carbonyl (C=O) groups is 1. The number of aromatic nitrogens is 2. The summed E-state index contributed by atoms with van der Waals surface area (Å²) in [6.45, 7) is 1.32. The minimum Gasteiger partial charge on any atom is -0.393 e. The molecular weight excluding hydrogens is 563 g/mol. The van der Waals surface area contributed by atoms with Crippen LogP contribution in [0.15, 0.2) is 42.9 Å². The fourth-order valence-electron chi connectivity index (χ4n) is 4.28. The maximum absolute atomic E-state index is 13.4. The predicted octanol–water partition coefficient (Wildman–Crippen LogP) is 3.10. The van der Waals surface area contributed by atoms with Crippen molar-refractivity contribution in [2.75, 3.05) is 11.9 Å². The Labute approximate surface area is 227 Å². The Kier molecular flexibility index (Phi) is 8.22. The monoisotopic (exact) mass is 586 g/mol. The zero-order chi connectivity index (χ0) is 27.0. The summed E-state index contributed by atoms with van der Waals surface area (Å²) in [6, 6.07) is 7.97. The molecule has 10 nitrogen and oxygen atoms in total. The SMILES string of the molecule is C[C@](O)(c1cccc(Cl)c1)c1cc(C(=O)c2cncnc2N[C@@H]2C[C@H](COS(N)(=O)=O)[C@@H](O)C2)sc1Cl. The Morgan fingerprint density at radius 2 is 2.08 bits per heavy atom. The van der Waals surface area contributed by atoms with Crippen LogP contribution in [0.2, 0.25) is 9.36 Å². The zero-order valence-electron chi connectivity index (χ0n) is 19.5. The van der Waals surface area contributed by atoms with Gasteiger partial charge in [0.1, 0.15) is 17.7 Å². The zero-order valence-corrected chi connectivity index (χ0v) is 22.6. The van der Waals surface area contributed by atoms with Crippen LogP contribution in [0.4, 0.5) is 5.82 Å². The van der Waals surface area contributed by atoms with Gasteiger partial charge in [-0.3, -0.25) is 8.98 Å². The van der Waals surface area contributed by atoms with Gasteiger partial charge in [0, 0.05) is 28.7 Å². The van der Waals surface area contributed by atoms with E-state index in [1.807, 2.05) is 0 Å². The largest absolute Gasteiger partial charge is 0.393 e. The van der Waals surface area contributed by atoms with Gasteiger partial charge >= 0.3 is 10.3 Å². The molecule has 1 aliphatic carbocycles. The van der Waals surface area contributed by atoms with Crippen molar-refractivity contribution in [1.82, 2.24) is 9.97 Å². The fraction of sp³-hybridized carbons (Fsp3) is 0.348. The van der Waals surface area contributed by atoms with Crippen LogP contribution in [0, 0.1) is 5.92 Å². The van der Waals surface area contributed by atoms with Gasteiger partial charge < -0.3 is 15.5 Å². The first kappa shape index (κ1) is 27.9. The summed E-state index contributed by atoms with van der Waals surface area (Å²) < 4.78 is 27.0. The van der Waals surface area contributed by atoms with E-state index in [2.05, 4.69) is 19.5 Å². The van der Waals surface area contributed by atoms with Crippen LogP contribution >= 0.6 is 34.5 Å². The molecule has 2 aromatic heterocycles. The Hall–Kier alpha value is -2.16. The third-order valence-corrected chi connectivity index (χ3v) is 8.28. The van der Waals surface area contributed by atoms with Crippen molar-refractivity contribution in [1.29, 1.82) is 0 Å². The summed E-state index contributed by atoms with van der Waals surface area (Å²) in [6.07, 6.45) is 2.47. The average molecular weight is 588 g/mol. The lowest BCUT2D eigenvalue weighted by Gasteiger charge is -2.23. The van der Waals surface area contributed by atoms with Crippen molar-refractivity contribution < 1.29 is 27.6 Å². The van der Waals surface area contributed by atoms with Crippen LogP contribution in [0.1, 0.15) is 46.1 Å². The molecule has 0 aliphatic heterocycles. The first-order chi connectivity index (χ1) is 17.3. The summed E-state index contributed by atoms with van der Waals surface area (Å²) in [5.41, 5.74) is -0.454. The van der Waals surface area contributed by atoms with E-state index in [-0.39, 0.29) is 39.7 Å². The highest BCUT2D eigenvalue weighted by Gasteiger charge is 2.35. The normalized spacial score (nSPS) is 21.5. The molecular formula is C23H24Cl2N4O6S2. The van der Waals surface area contributed by atoms with Gasteiger partial charge in [-0.05, 0) is 43.5 Å². The highest BCUT2D eigenvalue weighted by Crippen LogP contribution is 2.40. The Morgan fingerprint density at radius 3 is 2.78 bits per heavy atom. The number of aliphatic hydroxyl groups is 2. The van der Waals surface area contributed by atoms with Crippen LogP contribution in [-0.2, 0) is 20.1 Å². The quantitative estimate of drug-likeness (QED) is 0.275. The van der Waals surface area contributed by atoms with Crippen LogP contribution in [0.25, 0.3) is 0 Å². The second kappa shape index (κ2) is 10.9. The van der Waals surface area contributed by atoms with Gasteiger partial charge in [-0.25, -0.2) is 15.1 Å². The van der Waals surface area contributed by atoms with E-state index in [0.29, 0.717) is 22.6 Å². The van der Waals surface area contributed by atoms with Gasteiger partial charge in [0.2, 0.25) is 5.78 Å². The molecule has 5 N–H and O–H groups in total. The van der Waals surface area contributed by atoms with E-state index in [4.69, 9.17) is 28.3 Å². The molecule has 0 bridgehead atoms. The number of anilines is 1. The van der Waals surface area contributed by atoms with Crippen molar-refractivity contribution in [3.8, 4) is 0 Å². The lowest BCUT2D eigenvalue weighted by molar-refractivity contribution is 0.100. The summed E-state index contributed by atoms with van der Waals surface area (Å²) in [4.78, 5) is 21.9. The fourth-order valence-corrected chi connectivity index (χ4v) is 6.26. The molecule has 1 aliphatic rings. The number of nitrogens with one attached hydrogen (secondary N) is 1. The van der Waals surface area contributed by atoms with Crippen LogP contribution in [0.3, 0.4) is 0 Å². The topological polar surface area (TPSA) is 165 Å². The lowest BCUT2D eigenvalue weighted by Crippen LogP contribution is -2.24. The minimum absolute atomic E-state index is 0.174. The maximum atomic E-state index is 13.4. The number of halogens is 2. The predicted molar refractivity (Wildman–Crippen MR) is 140 cm³/mol. The Morgan fingerprint density at radius 1 is 1.32 bits per heavy atom. The van der Waals surface area contributed by atoms with Crippen molar-refractivity contribution >= 4 is 56.4 Å². The van der Waals surface area contributed by atoms with E-state index in [0.717, 1.165) is 11.3 Å². The molecule has 37 heavy (non-hydrogen) atoms. The van der Waals surface area contributed by atoms with Gasteiger partial charge in [0.25, 0.3) is 0 Å². The molecule has 0 spiro atoms. The molecule has 3 aromatic rings. The molecule has 0 radical (unpaired) electrons. The average Bonchev–Trinajstić information content (AvgIpc) is 3.39. The number of rotatable bonds is 9. The van der Waals surface area contributed by atoms with E-state index in [1.165, 1.54) is 18.6 Å². The van der Waals surface area contributed by atoms with Crippen molar-refractivity contribution in [2.24, 2.45) is 11.1 Å². The number of carbonyl (C=O) groups excluding carboxylic acids is 1. The highest BCUT2D eigenvalue weighted by atomic mass is 35.5. The molecule has 4 atom stereocenters. The van der Waals surface area contributed by atoms with Crippen molar-refractivity contribution in [3.05, 3.63) is 73.8 Å². The highest BCUT2D eigenvalue weighted by molar-refractivity contribution is 7.84. The number of benzene rings is 1. The van der Waals surface area contributed by atoms with Gasteiger partial charge in [0.15, 0.2) is 0 Å². The molecule has 1 aromatic carbocycles. The molecule has 0 unspecified atom stereocenters. The van der Waals surface area contributed by atoms with Crippen molar-refractivity contribution in [2.45, 2.75) is 37.5 Å². The number of nitrogens with zero attached hydrogens (tertiary/aromatic N) is 2. The van der Waals surface area contributed by atoms with Gasteiger partial charge in [0.05, 0.1) is 27.5 Å². The molecule has 1 fully saturated rings. The van der Waals surface area contributed by atoms with E-state index < -0.39 is 33.7 Å². The summed E-state index contributed by atoms with van der Waals surface area (Å²) >= 11 is 13.6. The maximum Gasteiger partial charge on any atom is 0.333 e. The summed E-state index contributed by atoms with van der Waals surface area (Å²) in [7, 11) is -4.12. The number of ketones is 1. The second-order valence-electron chi connectivity index (χ2n) is 8.91. The number of hydrogen-bond donors (Lipinski definition) is 4. The van der Waals surface area contributed by atoms with Crippen molar-refractivity contribution in [3.63, 3.8) is 0 Å². The first-order valence-electron chi connectivity index (χ1n) is 11.1. The van der Waals surface area contributed by atoms with E-state index >= 15 is 0 Å². The van der Waals surface area contributed by atoms with Gasteiger partial charge in [-0.1, -0.05) is 35.3 Å². The van der Waals surface area contributed by atoms with Crippen LogP contribution < -0.4 is 10.5 Å². The van der Waals surface area contributed by atoms with Gasteiger partial charge in [-0.2, -0.15) is 8.42 Å². The number of nitrogens with two attached hydrogens (primary N) is 1. The number of thiophene rings is 1. The molecule has 0 saturated heterocycles. The Balaban J connectivity index is 1.54. The molecule has 198 valence electrons. The van der Waals surface area contributed by atoms with Crippen LogP contribution in [-0.4, -0.2) is 53.1 Å². The standard InChI is InChI=1S/C23H24Cl2N4O6S2/c1-23(32,13-3-2-4-14(24)6-13)17-8-19(36-21(17)25)20(31)16-9-27-11-28-22(16)29-15-5-12(18(30)7-15)10-35-37(26,33)34/h2-4,6,8-9,11-12,15,18,30,32H,5,7,10H2,1H3,(H2,26,33,34)(H,27,28,29)/t12-,15-,18+,23+/m1/s1. The minimum atomic E-state index is -4.12. The second-order valence-corrected chi connectivity index (χ2v) is 12.2. The number of hydrogen-bond acceptors (Lipinski definition) is 10. The third-order valence-electron chi connectivity index (χ3n) is 6.22. The number of aliphatic hydroxyl groups excluding tert-OH is 1. The lowest BCUT2D eigenvalue weighted by atomic mass is 9.89.